The third kappa shape index (κ3) is 12.9. The molecule has 0 saturated carbocycles. The number of unbranched alkanes of at least 4 members (excludes halogenated alkanes) is 14. The molecule has 1 nitrogen and oxygen atoms in total. The Morgan fingerprint density at radius 2 is 1.00 bits per heavy atom. The van der Waals surface area contributed by atoms with Crippen molar-refractivity contribution in [1.82, 2.24) is 0 Å². The van der Waals surface area contributed by atoms with E-state index in [4.69, 9.17) is 0 Å². The fraction of sp³-hybridized carbons (Fsp3) is 0.769. The summed E-state index contributed by atoms with van der Waals surface area (Å²) >= 11 is 0. The first-order valence-corrected chi connectivity index (χ1v) is 12.1. The largest absolute Gasteiger partial charge is 0.508 e. The Bertz CT molecular complexity index is 452. The van der Waals surface area contributed by atoms with Crippen LogP contribution in [0.15, 0.2) is 18.2 Å². The van der Waals surface area contributed by atoms with Gasteiger partial charge in [0.1, 0.15) is 5.75 Å². The Labute approximate surface area is 170 Å². The summed E-state index contributed by atoms with van der Waals surface area (Å²) < 4.78 is 0. The van der Waals surface area contributed by atoms with Crippen molar-refractivity contribution in [3.05, 3.63) is 29.3 Å². The molecule has 0 aromatic heterocycles. The Balaban J connectivity index is 2.09. The number of hydrogen-bond acceptors (Lipinski definition) is 1. The first-order chi connectivity index (χ1) is 13.3. The molecule has 1 rings (SSSR count). The van der Waals surface area contributed by atoms with E-state index in [9.17, 15) is 5.11 Å². The van der Waals surface area contributed by atoms with Gasteiger partial charge in [-0.2, -0.15) is 0 Å². The van der Waals surface area contributed by atoms with Crippen LogP contribution in [0.1, 0.15) is 128 Å². The molecule has 0 bridgehead atoms. The topological polar surface area (TPSA) is 20.2 Å². The average molecular weight is 375 g/mol. The molecule has 156 valence electrons. The molecule has 1 heteroatoms. The molecule has 1 aromatic carbocycles. The zero-order valence-corrected chi connectivity index (χ0v) is 18.4. The fourth-order valence-corrected chi connectivity index (χ4v) is 3.89. The normalized spacial score (nSPS) is 11.2. The summed E-state index contributed by atoms with van der Waals surface area (Å²) in [4.78, 5) is 0. The van der Waals surface area contributed by atoms with E-state index in [2.05, 4.69) is 26.0 Å². The van der Waals surface area contributed by atoms with Crippen LogP contribution in [-0.4, -0.2) is 5.11 Å². The first kappa shape index (κ1) is 24.1. The smallest absolute Gasteiger partial charge is 0.119 e. The number of phenols is 1. The Morgan fingerprint density at radius 1 is 0.556 bits per heavy atom. The predicted molar refractivity (Wildman–Crippen MR) is 121 cm³/mol. The molecular weight excluding hydrogens is 328 g/mol. The highest BCUT2D eigenvalue weighted by molar-refractivity contribution is 5.36. The predicted octanol–water partition coefficient (Wildman–Crippen LogP) is 8.76. The van der Waals surface area contributed by atoms with Gasteiger partial charge in [0.15, 0.2) is 0 Å². The van der Waals surface area contributed by atoms with Crippen LogP contribution in [-0.2, 0) is 12.8 Å². The summed E-state index contributed by atoms with van der Waals surface area (Å²) in [6, 6.07) is 6.42. The summed E-state index contributed by atoms with van der Waals surface area (Å²) in [6.07, 6.45) is 23.8. The van der Waals surface area contributed by atoms with Gasteiger partial charge < -0.3 is 5.11 Å². The van der Waals surface area contributed by atoms with E-state index in [1.165, 1.54) is 108 Å². The minimum Gasteiger partial charge on any atom is -0.508 e. The molecule has 0 atom stereocenters. The lowest BCUT2D eigenvalue weighted by Crippen LogP contribution is -1.91. The number of aryl methyl sites for hydroxylation is 2. The van der Waals surface area contributed by atoms with Crippen LogP contribution in [0.4, 0.5) is 0 Å². The van der Waals surface area contributed by atoms with Crippen LogP contribution in [0.5, 0.6) is 5.75 Å². The molecule has 0 heterocycles. The van der Waals surface area contributed by atoms with E-state index in [0.29, 0.717) is 5.75 Å². The summed E-state index contributed by atoms with van der Waals surface area (Å²) in [5, 5.41) is 10.3. The van der Waals surface area contributed by atoms with E-state index >= 15 is 0 Å². The quantitative estimate of drug-likeness (QED) is 0.255. The molecule has 0 radical (unpaired) electrons. The van der Waals surface area contributed by atoms with Gasteiger partial charge in [-0.3, -0.25) is 0 Å². The van der Waals surface area contributed by atoms with Gasteiger partial charge in [-0.25, -0.2) is 0 Å². The van der Waals surface area contributed by atoms with Crippen molar-refractivity contribution in [3.8, 4) is 5.75 Å². The van der Waals surface area contributed by atoms with Crippen LogP contribution in [0.3, 0.4) is 0 Å². The summed E-state index contributed by atoms with van der Waals surface area (Å²) in [6.45, 7) is 4.55. The van der Waals surface area contributed by atoms with Crippen LogP contribution < -0.4 is 0 Å². The lowest BCUT2D eigenvalue weighted by Gasteiger charge is -2.08. The molecule has 27 heavy (non-hydrogen) atoms. The molecule has 1 N–H and O–H groups in total. The maximum atomic E-state index is 10.3. The van der Waals surface area contributed by atoms with Crippen molar-refractivity contribution < 1.29 is 5.11 Å². The Morgan fingerprint density at radius 3 is 1.48 bits per heavy atom. The lowest BCUT2D eigenvalue weighted by molar-refractivity contribution is 0.464. The van der Waals surface area contributed by atoms with Crippen molar-refractivity contribution >= 4 is 0 Å². The second kappa shape index (κ2) is 17.1. The van der Waals surface area contributed by atoms with Gasteiger partial charge in [0, 0.05) is 0 Å². The van der Waals surface area contributed by atoms with Gasteiger partial charge in [-0.05, 0) is 42.9 Å². The second-order valence-corrected chi connectivity index (χ2v) is 8.41. The second-order valence-electron chi connectivity index (χ2n) is 8.41. The van der Waals surface area contributed by atoms with Crippen molar-refractivity contribution in [2.75, 3.05) is 0 Å². The monoisotopic (exact) mass is 374 g/mol. The zero-order chi connectivity index (χ0) is 19.6. The van der Waals surface area contributed by atoms with Crippen molar-refractivity contribution in [2.45, 2.75) is 129 Å². The lowest BCUT2D eigenvalue weighted by atomic mass is 10.00. The molecule has 0 fully saturated rings. The highest BCUT2D eigenvalue weighted by Crippen LogP contribution is 2.23. The van der Waals surface area contributed by atoms with Gasteiger partial charge >= 0.3 is 0 Å². The van der Waals surface area contributed by atoms with Crippen molar-refractivity contribution in [3.63, 3.8) is 0 Å². The van der Waals surface area contributed by atoms with Crippen LogP contribution in [0.2, 0.25) is 0 Å². The number of benzene rings is 1. The van der Waals surface area contributed by atoms with Gasteiger partial charge in [0.2, 0.25) is 0 Å². The van der Waals surface area contributed by atoms with Crippen LogP contribution in [0.25, 0.3) is 0 Å². The van der Waals surface area contributed by atoms with Gasteiger partial charge in [-0.15, -0.1) is 0 Å². The average Bonchev–Trinajstić information content (AvgIpc) is 2.67. The van der Waals surface area contributed by atoms with Crippen LogP contribution >= 0.6 is 0 Å². The minimum absolute atomic E-state index is 0.523. The summed E-state index contributed by atoms with van der Waals surface area (Å²) in [5.41, 5.74) is 2.44. The SMILES string of the molecule is CCCCCCCCCCc1ccc(CCCCCCCCCC)c(O)c1. The van der Waals surface area contributed by atoms with E-state index in [-0.39, 0.29) is 0 Å². The highest BCUT2D eigenvalue weighted by atomic mass is 16.3. The summed E-state index contributed by atoms with van der Waals surface area (Å²) in [5.74, 6) is 0.523. The Kier molecular flexibility index (Phi) is 15.3. The number of aromatic hydroxyl groups is 1. The van der Waals surface area contributed by atoms with E-state index in [1.807, 2.05) is 6.07 Å². The number of rotatable bonds is 18. The fourth-order valence-electron chi connectivity index (χ4n) is 3.89. The molecule has 0 aliphatic heterocycles. The van der Waals surface area contributed by atoms with Crippen molar-refractivity contribution in [2.24, 2.45) is 0 Å². The van der Waals surface area contributed by atoms with E-state index < -0.39 is 0 Å². The molecule has 0 spiro atoms. The molecule has 0 amide bonds. The minimum atomic E-state index is 0.523. The maximum Gasteiger partial charge on any atom is 0.119 e. The molecule has 0 aliphatic rings. The maximum absolute atomic E-state index is 10.3. The molecule has 0 saturated heterocycles. The standard InChI is InChI=1S/C26H46O/c1-3-5-7-9-11-13-15-17-19-24-21-22-25(26(27)23-24)20-18-16-14-12-10-8-6-4-2/h21-23,27H,3-20H2,1-2H3. The van der Waals surface area contributed by atoms with Gasteiger partial charge in [0.25, 0.3) is 0 Å². The van der Waals surface area contributed by atoms with Crippen LogP contribution in [0, 0.1) is 0 Å². The van der Waals surface area contributed by atoms with E-state index in [1.54, 1.807) is 0 Å². The van der Waals surface area contributed by atoms with Gasteiger partial charge in [-0.1, -0.05) is 116 Å². The first-order valence-electron chi connectivity index (χ1n) is 12.1. The molecule has 1 aromatic rings. The third-order valence-corrected chi connectivity index (χ3v) is 5.77. The molecule has 0 unspecified atom stereocenters. The van der Waals surface area contributed by atoms with Gasteiger partial charge in [0.05, 0.1) is 0 Å². The highest BCUT2D eigenvalue weighted by Gasteiger charge is 2.03. The zero-order valence-electron chi connectivity index (χ0n) is 18.4. The molecular formula is C26H46O. The van der Waals surface area contributed by atoms with Crippen molar-refractivity contribution in [1.29, 1.82) is 0 Å². The number of phenolic OH excluding ortho intramolecular Hbond substituents is 1. The molecule has 0 aliphatic carbocycles. The van der Waals surface area contributed by atoms with E-state index in [0.717, 1.165) is 18.4 Å². The third-order valence-electron chi connectivity index (χ3n) is 5.77. The Hall–Kier alpha value is -0.980. The summed E-state index contributed by atoms with van der Waals surface area (Å²) in [7, 11) is 0. The number of hydrogen-bond donors (Lipinski definition) is 1.